The quantitative estimate of drug-likeness (QED) is 0.792. The standard InChI is InChI=1S/C21H21N3O2/c1-24-21(26)17-11-5-4-10-16(17)19(23-24)13-20(25)22-18-12-6-8-14-7-2-3-9-15(14)18/h2-5,7,9-11,18H,6,8,12-13H2,1H3,(H,22,25)/t18-/m0/s1. The van der Waals surface area contributed by atoms with Gasteiger partial charge in [0, 0.05) is 12.4 Å². The van der Waals surface area contributed by atoms with Gasteiger partial charge < -0.3 is 5.32 Å². The van der Waals surface area contributed by atoms with E-state index in [0.717, 1.165) is 24.6 Å². The third-order valence-electron chi connectivity index (χ3n) is 5.07. The first-order valence-electron chi connectivity index (χ1n) is 8.95. The van der Waals surface area contributed by atoms with Crippen molar-refractivity contribution >= 4 is 16.7 Å². The van der Waals surface area contributed by atoms with Gasteiger partial charge in [-0.05, 0) is 36.5 Å². The first-order chi connectivity index (χ1) is 12.6. The minimum Gasteiger partial charge on any atom is -0.349 e. The van der Waals surface area contributed by atoms with Gasteiger partial charge in [0.2, 0.25) is 5.91 Å². The van der Waals surface area contributed by atoms with E-state index in [-0.39, 0.29) is 23.9 Å². The maximum Gasteiger partial charge on any atom is 0.274 e. The molecule has 0 spiro atoms. The monoisotopic (exact) mass is 347 g/mol. The summed E-state index contributed by atoms with van der Waals surface area (Å²) in [6.45, 7) is 0. The molecule has 5 heteroatoms. The van der Waals surface area contributed by atoms with E-state index in [1.54, 1.807) is 13.1 Å². The number of carbonyl (C=O) groups excluding carboxylic acids is 1. The highest BCUT2D eigenvalue weighted by Gasteiger charge is 2.22. The van der Waals surface area contributed by atoms with Gasteiger partial charge in [-0.3, -0.25) is 9.59 Å². The van der Waals surface area contributed by atoms with Crippen LogP contribution in [0.1, 0.15) is 35.7 Å². The molecule has 0 saturated heterocycles. The zero-order chi connectivity index (χ0) is 18.1. The molecule has 1 amide bonds. The number of aromatic nitrogens is 2. The number of hydrogen-bond donors (Lipinski definition) is 1. The van der Waals surface area contributed by atoms with Crippen molar-refractivity contribution in [1.82, 2.24) is 15.1 Å². The van der Waals surface area contributed by atoms with Crippen LogP contribution in [0.25, 0.3) is 10.8 Å². The predicted octanol–water partition coefficient (Wildman–Crippen LogP) is 2.67. The molecule has 26 heavy (non-hydrogen) atoms. The summed E-state index contributed by atoms with van der Waals surface area (Å²) in [5.41, 5.74) is 3.01. The third kappa shape index (κ3) is 3.01. The molecule has 0 aliphatic heterocycles. The van der Waals surface area contributed by atoms with Crippen molar-refractivity contribution in [2.24, 2.45) is 7.05 Å². The van der Waals surface area contributed by atoms with Crippen molar-refractivity contribution in [3.05, 3.63) is 75.7 Å². The molecular formula is C21H21N3O2. The average molecular weight is 347 g/mol. The van der Waals surface area contributed by atoms with E-state index in [2.05, 4.69) is 22.5 Å². The Morgan fingerprint density at radius 2 is 1.88 bits per heavy atom. The number of nitrogens with one attached hydrogen (secondary N) is 1. The van der Waals surface area contributed by atoms with Crippen LogP contribution in [0.5, 0.6) is 0 Å². The largest absolute Gasteiger partial charge is 0.349 e. The van der Waals surface area contributed by atoms with Crippen molar-refractivity contribution in [3.63, 3.8) is 0 Å². The number of fused-ring (bicyclic) bond motifs is 2. The lowest BCUT2D eigenvalue weighted by Gasteiger charge is -2.26. The highest BCUT2D eigenvalue weighted by atomic mass is 16.1. The van der Waals surface area contributed by atoms with Crippen LogP contribution in [-0.4, -0.2) is 15.7 Å². The Kier molecular flexibility index (Phi) is 4.29. The second kappa shape index (κ2) is 6.75. The van der Waals surface area contributed by atoms with Crippen molar-refractivity contribution in [2.45, 2.75) is 31.7 Å². The van der Waals surface area contributed by atoms with Gasteiger partial charge in [-0.1, -0.05) is 42.5 Å². The summed E-state index contributed by atoms with van der Waals surface area (Å²) in [5, 5.41) is 8.82. The zero-order valence-corrected chi connectivity index (χ0v) is 14.7. The van der Waals surface area contributed by atoms with E-state index >= 15 is 0 Å². The molecule has 2 aromatic carbocycles. The SMILES string of the molecule is Cn1nc(CC(=O)N[C@H]2CCCc3ccccc32)c2ccccc2c1=O. The lowest BCUT2D eigenvalue weighted by atomic mass is 9.87. The summed E-state index contributed by atoms with van der Waals surface area (Å²) in [6.07, 6.45) is 3.25. The maximum atomic E-state index is 12.7. The molecule has 5 nitrogen and oxygen atoms in total. The first-order valence-corrected chi connectivity index (χ1v) is 8.95. The van der Waals surface area contributed by atoms with Crippen LogP contribution >= 0.6 is 0 Å². The molecule has 4 rings (SSSR count). The second-order valence-electron chi connectivity index (χ2n) is 6.81. The molecular weight excluding hydrogens is 326 g/mol. The van der Waals surface area contributed by atoms with E-state index in [0.29, 0.717) is 11.1 Å². The lowest BCUT2D eigenvalue weighted by Crippen LogP contribution is -2.33. The molecule has 3 aromatic rings. The van der Waals surface area contributed by atoms with Gasteiger partial charge in [0.05, 0.1) is 23.5 Å². The van der Waals surface area contributed by atoms with E-state index in [9.17, 15) is 9.59 Å². The molecule has 0 saturated carbocycles. The van der Waals surface area contributed by atoms with Crippen LogP contribution < -0.4 is 10.9 Å². The fraction of sp³-hybridized carbons (Fsp3) is 0.286. The Hall–Kier alpha value is -2.95. The Bertz CT molecular complexity index is 1040. The average Bonchev–Trinajstić information content (AvgIpc) is 2.66. The summed E-state index contributed by atoms with van der Waals surface area (Å²) in [4.78, 5) is 24.9. The van der Waals surface area contributed by atoms with Crippen molar-refractivity contribution < 1.29 is 4.79 Å². The minimum absolute atomic E-state index is 0.0474. The molecule has 1 N–H and O–H groups in total. The van der Waals surface area contributed by atoms with Crippen LogP contribution in [-0.2, 0) is 24.7 Å². The van der Waals surface area contributed by atoms with E-state index < -0.39 is 0 Å². The van der Waals surface area contributed by atoms with Crippen LogP contribution in [0.15, 0.2) is 53.3 Å². The van der Waals surface area contributed by atoms with Gasteiger partial charge >= 0.3 is 0 Å². The fourth-order valence-electron chi connectivity index (χ4n) is 3.81. The van der Waals surface area contributed by atoms with Crippen LogP contribution in [0.3, 0.4) is 0 Å². The van der Waals surface area contributed by atoms with Gasteiger partial charge in [-0.2, -0.15) is 5.10 Å². The topological polar surface area (TPSA) is 64.0 Å². The molecule has 1 atom stereocenters. The number of nitrogens with zero attached hydrogens (tertiary/aromatic N) is 2. The van der Waals surface area contributed by atoms with Crippen molar-refractivity contribution in [3.8, 4) is 0 Å². The molecule has 132 valence electrons. The summed E-state index contributed by atoms with van der Waals surface area (Å²) in [6, 6.07) is 15.7. The van der Waals surface area contributed by atoms with Gasteiger partial charge in [-0.15, -0.1) is 0 Å². The van der Waals surface area contributed by atoms with Crippen LogP contribution in [0.4, 0.5) is 0 Å². The van der Waals surface area contributed by atoms with E-state index in [4.69, 9.17) is 0 Å². The summed E-state index contributed by atoms with van der Waals surface area (Å²) >= 11 is 0. The van der Waals surface area contributed by atoms with Crippen molar-refractivity contribution in [1.29, 1.82) is 0 Å². The summed E-state index contributed by atoms with van der Waals surface area (Å²) in [5.74, 6) is -0.0667. The Balaban J connectivity index is 1.60. The molecule has 0 unspecified atom stereocenters. The van der Waals surface area contributed by atoms with Gasteiger partial charge in [0.25, 0.3) is 5.56 Å². The number of hydrogen-bond acceptors (Lipinski definition) is 3. The van der Waals surface area contributed by atoms with Crippen molar-refractivity contribution in [2.75, 3.05) is 0 Å². The number of benzene rings is 2. The minimum atomic E-state index is -0.147. The predicted molar refractivity (Wildman–Crippen MR) is 101 cm³/mol. The Labute approximate surface area is 151 Å². The van der Waals surface area contributed by atoms with Crippen LogP contribution in [0, 0.1) is 0 Å². The zero-order valence-electron chi connectivity index (χ0n) is 14.7. The lowest BCUT2D eigenvalue weighted by molar-refractivity contribution is -0.121. The highest BCUT2D eigenvalue weighted by Crippen LogP contribution is 2.29. The van der Waals surface area contributed by atoms with Gasteiger partial charge in [0.1, 0.15) is 0 Å². The summed E-state index contributed by atoms with van der Waals surface area (Å²) < 4.78 is 1.31. The highest BCUT2D eigenvalue weighted by molar-refractivity contribution is 5.88. The maximum absolute atomic E-state index is 12.7. The Morgan fingerprint density at radius 3 is 2.73 bits per heavy atom. The second-order valence-corrected chi connectivity index (χ2v) is 6.81. The Morgan fingerprint density at radius 1 is 1.15 bits per heavy atom. The number of rotatable bonds is 3. The number of aryl methyl sites for hydroxylation is 2. The molecule has 1 aliphatic rings. The molecule has 0 radical (unpaired) electrons. The first kappa shape index (κ1) is 16.5. The summed E-state index contributed by atoms with van der Waals surface area (Å²) in [7, 11) is 1.62. The van der Waals surface area contributed by atoms with Gasteiger partial charge in [0.15, 0.2) is 0 Å². The fourth-order valence-corrected chi connectivity index (χ4v) is 3.81. The smallest absolute Gasteiger partial charge is 0.274 e. The molecule has 1 aliphatic carbocycles. The van der Waals surface area contributed by atoms with E-state index in [1.807, 2.05) is 30.3 Å². The van der Waals surface area contributed by atoms with Gasteiger partial charge in [-0.25, -0.2) is 4.68 Å². The molecule has 0 fully saturated rings. The third-order valence-corrected chi connectivity index (χ3v) is 5.07. The molecule has 1 heterocycles. The number of carbonyl (C=O) groups is 1. The molecule has 1 aromatic heterocycles. The van der Waals surface area contributed by atoms with Crippen LogP contribution in [0.2, 0.25) is 0 Å². The molecule has 0 bridgehead atoms. The van der Waals surface area contributed by atoms with E-state index in [1.165, 1.54) is 15.8 Å². The normalized spacial score (nSPS) is 16.3. The number of amides is 1.